The number of hydrogen-bond donors (Lipinski definition) is 0. The fourth-order valence-corrected chi connectivity index (χ4v) is 3.96. The van der Waals surface area contributed by atoms with E-state index in [1.165, 1.54) is 0 Å². The van der Waals surface area contributed by atoms with Crippen molar-refractivity contribution in [2.75, 3.05) is 0 Å². The largest absolute Gasteiger partial charge is 0.273 e. The molecular formula is C11H14Cl3NO2S. The summed E-state index contributed by atoms with van der Waals surface area (Å²) in [6.45, 7) is 0. The Labute approximate surface area is 126 Å². The minimum atomic E-state index is -1.68. The van der Waals surface area contributed by atoms with Crippen LogP contribution in [0.15, 0.2) is 0 Å². The number of hydrogen-bond acceptors (Lipinski definition) is 3. The first kappa shape index (κ1) is 14.8. The summed E-state index contributed by atoms with van der Waals surface area (Å²) < 4.78 is -0.613. The smallest absolute Gasteiger partial charge is 0.256 e. The van der Waals surface area contributed by atoms with E-state index >= 15 is 0 Å². The van der Waals surface area contributed by atoms with E-state index in [2.05, 4.69) is 0 Å². The number of amides is 2. The highest BCUT2D eigenvalue weighted by Crippen LogP contribution is 2.46. The molecule has 1 heterocycles. The van der Waals surface area contributed by atoms with Gasteiger partial charge in [-0.05, 0) is 12.8 Å². The lowest BCUT2D eigenvalue weighted by Crippen LogP contribution is -2.27. The van der Waals surface area contributed by atoms with Crippen LogP contribution < -0.4 is 0 Å². The molecule has 2 rings (SSSR count). The number of halogens is 3. The zero-order chi connectivity index (χ0) is 13.3. The third-order valence-corrected chi connectivity index (χ3v) is 4.87. The van der Waals surface area contributed by atoms with Gasteiger partial charge in [0.05, 0.1) is 11.8 Å². The van der Waals surface area contributed by atoms with Gasteiger partial charge in [-0.3, -0.25) is 9.59 Å². The molecule has 1 saturated carbocycles. The van der Waals surface area contributed by atoms with E-state index in [0.717, 1.165) is 42.8 Å². The van der Waals surface area contributed by atoms with Gasteiger partial charge in [0.2, 0.25) is 11.8 Å². The van der Waals surface area contributed by atoms with Crippen molar-refractivity contribution in [3.8, 4) is 0 Å². The van der Waals surface area contributed by atoms with Gasteiger partial charge < -0.3 is 0 Å². The topological polar surface area (TPSA) is 37.4 Å². The maximum Gasteiger partial charge on any atom is 0.256 e. The van der Waals surface area contributed by atoms with Gasteiger partial charge in [-0.2, -0.15) is 0 Å². The summed E-state index contributed by atoms with van der Waals surface area (Å²) in [7, 11) is 0. The van der Waals surface area contributed by atoms with Crippen LogP contribution in [0.5, 0.6) is 0 Å². The van der Waals surface area contributed by atoms with Crippen LogP contribution in [0.3, 0.4) is 0 Å². The molecule has 0 spiro atoms. The van der Waals surface area contributed by atoms with E-state index in [1.54, 1.807) is 0 Å². The second-order valence-corrected chi connectivity index (χ2v) is 8.83. The summed E-state index contributed by atoms with van der Waals surface area (Å²) in [5.74, 6) is -0.804. The van der Waals surface area contributed by atoms with Crippen LogP contribution in [-0.2, 0) is 9.59 Å². The normalized spacial score (nSPS) is 30.1. The Bertz CT molecular complexity index is 333. The van der Waals surface area contributed by atoms with Gasteiger partial charge in [0.25, 0.3) is 3.12 Å². The van der Waals surface area contributed by atoms with Crippen molar-refractivity contribution in [3.63, 3.8) is 0 Å². The highest BCUT2D eigenvalue weighted by atomic mass is 35.6. The van der Waals surface area contributed by atoms with Gasteiger partial charge in [0.1, 0.15) is 0 Å². The molecule has 1 aliphatic heterocycles. The first-order valence-corrected chi connectivity index (χ1v) is 7.94. The molecule has 0 aromatic carbocycles. The average Bonchev–Trinajstić information content (AvgIpc) is 2.40. The average molecular weight is 331 g/mol. The SMILES string of the molecule is O=C1C2CCCCCCC2C(=O)N1SC(Cl)(Cl)Cl. The molecule has 18 heavy (non-hydrogen) atoms. The molecule has 2 fully saturated rings. The molecule has 7 heteroatoms. The number of nitrogens with zero attached hydrogens (tertiary/aromatic N) is 1. The standard InChI is InChI=1S/C11H14Cl3NO2S/c12-11(13,14)18-15-9(16)7-5-3-1-2-4-6-8(7)10(15)17/h7-8H,1-6H2. The predicted molar refractivity (Wildman–Crippen MR) is 74.4 cm³/mol. The summed E-state index contributed by atoms with van der Waals surface area (Å²) in [5, 5.41) is 0. The summed E-state index contributed by atoms with van der Waals surface area (Å²) >= 11 is 17.7. The van der Waals surface area contributed by atoms with E-state index in [4.69, 9.17) is 34.8 Å². The van der Waals surface area contributed by atoms with Crippen LogP contribution in [0.25, 0.3) is 0 Å². The van der Waals surface area contributed by atoms with Gasteiger partial charge in [-0.1, -0.05) is 60.5 Å². The van der Waals surface area contributed by atoms with Crippen molar-refractivity contribution in [2.24, 2.45) is 11.8 Å². The molecule has 2 amide bonds. The maximum absolute atomic E-state index is 12.2. The van der Waals surface area contributed by atoms with Crippen LogP contribution in [0.2, 0.25) is 0 Å². The second kappa shape index (κ2) is 5.78. The molecule has 1 saturated heterocycles. The number of alkyl halides is 3. The van der Waals surface area contributed by atoms with Crippen LogP contribution in [0.4, 0.5) is 0 Å². The third kappa shape index (κ3) is 3.27. The predicted octanol–water partition coefficient (Wildman–Crippen LogP) is 3.92. The van der Waals surface area contributed by atoms with E-state index in [-0.39, 0.29) is 23.7 Å². The Kier molecular flexibility index (Phi) is 4.74. The third-order valence-electron chi connectivity index (χ3n) is 3.50. The van der Waals surface area contributed by atoms with Crippen molar-refractivity contribution in [3.05, 3.63) is 0 Å². The number of carbonyl (C=O) groups is 2. The second-order valence-electron chi connectivity index (χ2n) is 4.71. The van der Waals surface area contributed by atoms with Crippen molar-refractivity contribution in [1.82, 2.24) is 4.31 Å². The quantitative estimate of drug-likeness (QED) is 0.415. The molecule has 2 aliphatic rings. The van der Waals surface area contributed by atoms with Crippen LogP contribution in [0, 0.1) is 11.8 Å². The molecule has 102 valence electrons. The molecule has 0 bridgehead atoms. The molecule has 0 aromatic rings. The molecule has 0 N–H and O–H groups in total. The molecule has 2 unspecified atom stereocenters. The summed E-state index contributed by atoms with van der Waals surface area (Å²) in [6.07, 6.45) is 5.78. The lowest BCUT2D eigenvalue weighted by Gasteiger charge is -2.18. The number of carbonyl (C=O) groups excluding carboxylic acids is 2. The first-order chi connectivity index (χ1) is 8.40. The number of fused-ring (bicyclic) bond motifs is 1. The molecule has 3 nitrogen and oxygen atoms in total. The maximum atomic E-state index is 12.2. The van der Waals surface area contributed by atoms with E-state index < -0.39 is 3.12 Å². The Morgan fingerprint density at radius 1 is 0.944 bits per heavy atom. The number of rotatable bonds is 1. The highest BCUT2D eigenvalue weighted by Gasteiger charge is 2.49. The van der Waals surface area contributed by atoms with E-state index in [1.807, 2.05) is 0 Å². The van der Waals surface area contributed by atoms with Crippen molar-refractivity contribution < 1.29 is 9.59 Å². The van der Waals surface area contributed by atoms with Gasteiger partial charge in [-0.25, -0.2) is 4.31 Å². The Balaban J connectivity index is 2.15. The fourth-order valence-electron chi connectivity index (χ4n) is 2.68. The molecule has 1 aliphatic carbocycles. The molecule has 0 radical (unpaired) electrons. The van der Waals surface area contributed by atoms with Gasteiger partial charge in [0.15, 0.2) is 0 Å². The zero-order valence-electron chi connectivity index (χ0n) is 9.70. The Morgan fingerprint density at radius 3 is 1.78 bits per heavy atom. The summed E-state index contributed by atoms with van der Waals surface area (Å²) in [4.78, 5) is 24.4. The van der Waals surface area contributed by atoms with Gasteiger partial charge in [0, 0.05) is 11.9 Å². The van der Waals surface area contributed by atoms with Crippen LogP contribution >= 0.6 is 46.8 Å². The Morgan fingerprint density at radius 2 is 1.39 bits per heavy atom. The van der Waals surface area contributed by atoms with Crippen molar-refractivity contribution in [1.29, 1.82) is 0 Å². The Hall–Kier alpha value is 0.360. The lowest BCUT2D eigenvalue weighted by atomic mass is 9.83. The van der Waals surface area contributed by atoms with Crippen molar-refractivity contribution in [2.45, 2.75) is 41.6 Å². The lowest BCUT2D eigenvalue weighted by molar-refractivity contribution is -0.133. The molecule has 2 atom stereocenters. The zero-order valence-corrected chi connectivity index (χ0v) is 12.8. The van der Waals surface area contributed by atoms with Crippen LogP contribution in [-0.4, -0.2) is 19.2 Å². The monoisotopic (exact) mass is 329 g/mol. The van der Waals surface area contributed by atoms with Crippen LogP contribution in [0.1, 0.15) is 38.5 Å². The first-order valence-electron chi connectivity index (χ1n) is 6.04. The van der Waals surface area contributed by atoms with E-state index in [9.17, 15) is 9.59 Å². The fraction of sp³-hybridized carbons (Fsp3) is 0.818. The van der Waals surface area contributed by atoms with Gasteiger partial charge >= 0.3 is 0 Å². The van der Waals surface area contributed by atoms with Gasteiger partial charge in [-0.15, -0.1) is 0 Å². The van der Waals surface area contributed by atoms with E-state index in [0.29, 0.717) is 11.9 Å². The number of imide groups is 1. The summed E-state index contributed by atoms with van der Waals surface area (Å²) in [6, 6.07) is 0. The minimum absolute atomic E-state index is 0.191. The van der Waals surface area contributed by atoms with Crippen molar-refractivity contribution >= 4 is 58.6 Å². The summed E-state index contributed by atoms with van der Waals surface area (Å²) in [5.41, 5.74) is 0. The molecule has 0 aromatic heterocycles. The highest BCUT2D eigenvalue weighted by molar-refractivity contribution is 8.03. The molecular weight excluding hydrogens is 317 g/mol. The minimum Gasteiger partial charge on any atom is -0.273 e.